The van der Waals surface area contributed by atoms with Crippen LogP contribution in [0.25, 0.3) is 0 Å². The number of hydrogen-bond donors (Lipinski definition) is 1. The first-order chi connectivity index (χ1) is 15.5. The molecule has 1 N–H and O–H groups in total. The number of rotatable bonds is 5. The zero-order valence-electron chi connectivity index (χ0n) is 19.7. The number of hydrogen-bond acceptors (Lipinski definition) is 3. The Balaban J connectivity index is 1.11. The first kappa shape index (κ1) is 20.3. The third-order valence-corrected chi connectivity index (χ3v) is 11.2. The summed E-state index contributed by atoms with van der Waals surface area (Å²) in [7, 11) is 0. The van der Waals surface area contributed by atoms with E-state index in [-0.39, 0.29) is 17.0 Å². The summed E-state index contributed by atoms with van der Waals surface area (Å²) in [6, 6.07) is 0. The first-order valence-electron chi connectivity index (χ1n) is 13.5. The minimum absolute atomic E-state index is 0.116. The molecule has 4 nitrogen and oxygen atoms in total. The number of nitrogens with zero attached hydrogens (tertiary/aromatic N) is 2. The highest BCUT2D eigenvalue weighted by atomic mass is 32.1. The normalized spacial score (nSPS) is 46.2. The van der Waals surface area contributed by atoms with Crippen LogP contribution < -0.4 is 10.1 Å². The van der Waals surface area contributed by atoms with Crippen LogP contribution in [0, 0.1) is 35.5 Å². The molecule has 9 rings (SSSR count). The second-order valence-corrected chi connectivity index (χ2v) is 13.8. The Labute approximate surface area is 196 Å². The van der Waals surface area contributed by atoms with Gasteiger partial charge in [-0.25, -0.2) is 0 Å². The fourth-order valence-corrected chi connectivity index (χ4v) is 11.2. The van der Waals surface area contributed by atoms with Crippen molar-refractivity contribution in [3.05, 3.63) is 15.9 Å². The number of amides is 1. The number of carbonyl (C=O) groups is 1. The van der Waals surface area contributed by atoms with Gasteiger partial charge >= 0.3 is 0 Å². The molecule has 1 aromatic rings. The highest BCUT2D eigenvalue weighted by Crippen LogP contribution is 2.57. The summed E-state index contributed by atoms with van der Waals surface area (Å²) >= 11 is 1.78. The minimum Gasteiger partial charge on any atom is -0.350 e. The lowest BCUT2D eigenvalue weighted by Gasteiger charge is -2.56. The van der Waals surface area contributed by atoms with Gasteiger partial charge in [-0.3, -0.25) is 9.79 Å². The molecule has 8 aliphatic rings. The van der Waals surface area contributed by atoms with E-state index in [0.29, 0.717) is 6.42 Å². The Morgan fingerprint density at radius 3 is 1.94 bits per heavy atom. The number of thiazole rings is 1. The topological polar surface area (TPSA) is 46.4 Å². The Morgan fingerprint density at radius 2 is 1.44 bits per heavy atom. The molecule has 0 saturated heterocycles. The van der Waals surface area contributed by atoms with Gasteiger partial charge in [-0.1, -0.05) is 0 Å². The second-order valence-electron chi connectivity index (χ2n) is 12.9. The quantitative estimate of drug-likeness (QED) is 0.665. The zero-order chi connectivity index (χ0) is 21.5. The van der Waals surface area contributed by atoms with Crippen LogP contribution in [-0.4, -0.2) is 21.6 Å². The molecule has 0 spiro atoms. The lowest BCUT2D eigenvalue weighted by molar-refractivity contribution is -0.126. The smallest absolute Gasteiger partial charge is 0.226 e. The maximum Gasteiger partial charge on any atom is 0.226 e. The van der Waals surface area contributed by atoms with Crippen LogP contribution in [0.4, 0.5) is 0 Å². The first-order valence-corrected chi connectivity index (χ1v) is 14.4. The van der Waals surface area contributed by atoms with Gasteiger partial charge in [0.1, 0.15) is 0 Å². The molecule has 0 aliphatic heterocycles. The van der Waals surface area contributed by atoms with Gasteiger partial charge in [0.05, 0.1) is 12.0 Å². The summed E-state index contributed by atoms with van der Waals surface area (Å²) in [5.74, 6) is 5.62. The van der Waals surface area contributed by atoms with Crippen LogP contribution >= 0.6 is 11.3 Å². The van der Waals surface area contributed by atoms with Crippen LogP contribution in [-0.2, 0) is 17.8 Å². The summed E-state index contributed by atoms with van der Waals surface area (Å²) in [6.07, 6.45) is 16.8. The molecule has 8 aliphatic carbocycles. The summed E-state index contributed by atoms with van der Waals surface area (Å²) in [6.45, 7) is 3.13. The Kier molecular flexibility index (Phi) is 4.56. The van der Waals surface area contributed by atoms with E-state index in [1.807, 2.05) is 0 Å². The molecule has 8 bridgehead atoms. The SMILES string of the molecule is CCn1c(CC(=O)NC23CC4CC(CC(C4)C2)C3)csc1=NC12CC3CC(CC(C3)C1)C2. The molecule has 8 saturated carbocycles. The average Bonchev–Trinajstić information content (AvgIpc) is 3.05. The fourth-order valence-electron chi connectivity index (χ4n) is 10.1. The summed E-state index contributed by atoms with van der Waals surface area (Å²) in [4.78, 5) is 19.9. The van der Waals surface area contributed by atoms with E-state index in [9.17, 15) is 4.79 Å². The van der Waals surface area contributed by atoms with Gasteiger partial charge in [0.15, 0.2) is 4.80 Å². The Hall–Kier alpha value is -1.10. The maximum absolute atomic E-state index is 13.2. The van der Waals surface area contributed by atoms with Crippen molar-refractivity contribution in [3.8, 4) is 0 Å². The van der Waals surface area contributed by atoms with E-state index in [1.54, 1.807) is 11.3 Å². The van der Waals surface area contributed by atoms with Crippen LogP contribution in [0.5, 0.6) is 0 Å². The standard InChI is InChI=1S/C27H39N3OS/c1-2-30-23(9-24(31)28-26-10-17-3-18(11-26)5-19(4-17)12-26)16-32-25(30)29-27-13-20-6-21(14-27)8-22(7-20)15-27/h16-22H,2-15H2,1H3,(H,28,31). The number of aromatic nitrogens is 1. The van der Waals surface area contributed by atoms with E-state index in [2.05, 4.69) is 22.2 Å². The number of carbonyl (C=O) groups excluding carboxylic acids is 1. The molecule has 0 unspecified atom stereocenters. The van der Waals surface area contributed by atoms with Crippen molar-refractivity contribution in [1.82, 2.24) is 9.88 Å². The lowest BCUT2D eigenvalue weighted by Crippen LogP contribution is -2.60. The van der Waals surface area contributed by atoms with Crippen molar-refractivity contribution in [2.75, 3.05) is 0 Å². The van der Waals surface area contributed by atoms with Gasteiger partial charge in [-0.15, -0.1) is 11.3 Å². The van der Waals surface area contributed by atoms with Crippen LogP contribution in [0.15, 0.2) is 10.4 Å². The highest BCUT2D eigenvalue weighted by Gasteiger charge is 2.52. The van der Waals surface area contributed by atoms with Gasteiger partial charge in [0.2, 0.25) is 5.91 Å². The van der Waals surface area contributed by atoms with Gasteiger partial charge in [-0.05, 0) is 119 Å². The molecule has 0 radical (unpaired) electrons. The third-order valence-electron chi connectivity index (χ3n) is 10.3. The molecule has 1 heterocycles. The maximum atomic E-state index is 13.2. The monoisotopic (exact) mass is 453 g/mol. The van der Waals surface area contributed by atoms with Crippen LogP contribution in [0.1, 0.15) is 89.7 Å². The van der Waals surface area contributed by atoms with Crippen molar-refractivity contribution in [3.63, 3.8) is 0 Å². The fraction of sp³-hybridized carbons (Fsp3) is 0.852. The van der Waals surface area contributed by atoms with Crippen LogP contribution in [0.3, 0.4) is 0 Å². The van der Waals surface area contributed by atoms with Crippen molar-refractivity contribution in [2.24, 2.45) is 40.5 Å². The highest BCUT2D eigenvalue weighted by molar-refractivity contribution is 7.07. The van der Waals surface area contributed by atoms with Gasteiger partial charge < -0.3 is 9.88 Å². The largest absolute Gasteiger partial charge is 0.350 e. The summed E-state index contributed by atoms with van der Waals surface area (Å²) < 4.78 is 2.35. The molecule has 0 atom stereocenters. The molecule has 32 heavy (non-hydrogen) atoms. The molecule has 1 amide bonds. The van der Waals surface area contributed by atoms with Crippen LogP contribution in [0.2, 0.25) is 0 Å². The van der Waals surface area contributed by atoms with Crippen molar-refractivity contribution < 1.29 is 4.79 Å². The second kappa shape index (κ2) is 7.20. The third kappa shape index (κ3) is 3.35. The van der Waals surface area contributed by atoms with Crippen molar-refractivity contribution >= 4 is 17.2 Å². The van der Waals surface area contributed by atoms with Gasteiger partial charge in [0.25, 0.3) is 0 Å². The van der Waals surface area contributed by atoms with E-state index in [4.69, 9.17) is 4.99 Å². The van der Waals surface area contributed by atoms with E-state index < -0.39 is 0 Å². The molecule has 5 heteroatoms. The molecule has 174 valence electrons. The molecule has 0 aromatic carbocycles. The van der Waals surface area contributed by atoms with Crippen molar-refractivity contribution in [1.29, 1.82) is 0 Å². The Morgan fingerprint density at radius 1 is 0.938 bits per heavy atom. The zero-order valence-corrected chi connectivity index (χ0v) is 20.5. The Bertz CT molecular complexity index is 917. The summed E-state index contributed by atoms with van der Waals surface area (Å²) in [5, 5.41) is 5.81. The summed E-state index contributed by atoms with van der Waals surface area (Å²) in [5.41, 5.74) is 1.49. The molecule has 1 aromatic heterocycles. The molecular formula is C27H39N3OS. The number of nitrogens with one attached hydrogen (secondary N) is 1. The average molecular weight is 454 g/mol. The predicted octanol–water partition coefficient (Wildman–Crippen LogP) is 5.07. The van der Waals surface area contributed by atoms with E-state index >= 15 is 0 Å². The minimum atomic E-state index is 0.116. The molecule has 8 fully saturated rings. The predicted molar refractivity (Wildman–Crippen MR) is 127 cm³/mol. The van der Waals surface area contributed by atoms with Gasteiger partial charge in [-0.2, -0.15) is 0 Å². The van der Waals surface area contributed by atoms with E-state index in [1.165, 1.54) is 87.5 Å². The van der Waals surface area contributed by atoms with E-state index in [0.717, 1.165) is 42.1 Å². The lowest BCUT2D eigenvalue weighted by atomic mass is 9.53. The molecular weight excluding hydrogens is 414 g/mol. The van der Waals surface area contributed by atoms with Gasteiger partial charge in [0, 0.05) is 23.2 Å². The van der Waals surface area contributed by atoms with Crippen molar-refractivity contribution in [2.45, 2.75) is 108 Å².